The van der Waals surface area contributed by atoms with E-state index in [0.29, 0.717) is 38.9 Å². The third-order valence-corrected chi connectivity index (χ3v) is 5.83. The van der Waals surface area contributed by atoms with Gasteiger partial charge in [-0.25, -0.2) is 22.8 Å². The number of nitrogens with zero attached hydrogens (tertiary/aromatic N) is 5. The van der Waals surface area contributed by atoms with E-state index in [1.54, 1.807) is 10.6 Å². The van der Waals surface area contributed by atoms with Crippen molar-refractivity contribution in [1.29, 1.82) is 0 Å². The van der Waals surface area contributed by atoms with Gasteiger partial charge in [-0.1, -0.05) is 10.1 Å². The van der Waals surface area contributed by atoms with Crippen molar-refractivity contribution in [3.05, 3.63) is 48.0 Å². The molecule has 13 nitrogen and oxygen atoms in total. The van der Waals surface area contributed by atoms with Crippen LogP contribution >= 0.6 is 11.3 Å². The molecule has 0 aliphatic heterocycles. The average molecular weight is 521 g/mol. The highest BCUT2D eigenvalue weighted by Crippen LogP contribution is 2.27. The summed E-state index contributed by atoms with van der Waals surface area (Å²) < 4.78 is 32.8. The van der Waals surface area contributed by atoms with Gasteiger partial charge in [-0.15, -0.1) is 0 Å². The second-order valence-corrected chi connectivity index (χ2v) is 8.88. The zero-order valence-electron chi connectivity index (χ0n) is 18.4. The van der Waals surface area contributed by atoms with Gasteiger partial charge in [-0.05, 0) is 53.8 Å². The second kappa shape index (κ2) is 11.2. The molecule has 2 heterocycles. The number of rotatable bonds is 7. The Labute approximate surface area is 203 Å². The van der Waals surface area contributed by atoms with Gasteiger partial charge < -0.3 is 20.1 Å². The molecule has 2 aromatic heterocycles. The molecule has 0 spiro atoms. The molecule has 0 atom stereocenters. The number of aliphatic hydroxyl groups excluding tert-OH is 1. The van der Waals surface area contributed by atoms with Crippen molar-refractivity contribution >= 4 is 65.7 Å². The van der Waals surface area contributed by atoms with Crippen LogP contribution in [0, 0.1) is 0 Å². The lowest BCUT2D eigenvalue weighted by molar-refractivity contribution is -0.629. The minimum Gasteiger partial charge on any atom is -0.726 e. The molecular formula is C20H20N6O7S2. The van der Waals surface area contributed by atoms with E-state index in [2.05, 4.69) is 29.7 Å². The molecule has 0 unspecified atom stereocenters. The Morgan fingerprint density at radius 1 is 1.17 bits per heavy atom. The fourth-order valence-electron chi connectivity index (χ4n) is 2.73. The SMILES string of the molecule is COS(=O)(=O)[O-].C[n+]1c(/N=N/c2ccc(NCCO)cc2)sc2nc3ccc(C(=O)O)cc3nc21. The van der Waals surface area contributed by atoms with E-state index in [1.165, 1.54) is 23.5 Å². The summed E-state index contributed by atoms with van der Waals surface area (Å²) >= 11 is 1.36. The Bertz CT molecular complexity index is 1490. The second-order valence-electron chi connectivity index (χ2n) is 6.78. The maximum absolute atomic E-state index is 11.2. The highest BCUT2D eigenvalue weighted by molar-refractivity contribution is 7.80. The first-order valence-electron chi connectivity index (χ1n) is 9.83. The van der Waals surface area contributed by atoms with Gasteiger partial charge in [0.2, 0.25) is 10.4 Å². The Morgan fingerprint density at radius 3 is 2.46 bits per heavy atom. The fraction of sp³-hybridized carbons (Fsp3) is 0.200. The van der Waals surface area contributed by atoms with Crippen molar-refractivity contribution in [2.24, 2.45) is 17.3 Å². The number of hydrogen-bond donors (Lipinski definition) is 3. The summed E-state index contributed by atoms with van der Waals surface area (Å²) in [7, 11) is -1.79. The predicted octanol–water partition coefficient (Wildman–Crippen LogP) is 2.28. The van der Waals surface area contributed by atoms with Crippen molar-refractivity contribution < 1.29 is 36.7 Å². The third kappa shape index (κ3) is 6.93. The zero-order chi connectivity index (χ0) is 25.6. The zero-order valence-corrected chi connectivity index (χ0v) is 20.1. The lowest BCUT2D eigenvalue weighted by Gasteiger charge is -2.02. The third-order valence-electron chi connectivity index (χ3n) is 4.42. The molecule has 0 amide bonds. The van der Waals surface area contributed by atoms with Crippen LogP contribution in [0.4, 0.5) is 16.5 Å². The van der Waals surface area contributed by atoms with Crippen LogP contribution in [-0.2, 0) is 21.6 Å². The van der Waals surface area contributed by atoms with Gasteiger partial charge in [-0.3, -0.25) is 4.18 Å². The van der Waals surface area contributed by atoms with Crippen LogP contribution in [0.3, 0.4) is 0 Å². The molecule has 0 saturated heterocycles. The van der Waals surface area contributed by atoms with Crippen LogP contribution in [0.25, 0.3) is 21.5 Å². The Kier molecular flexibility index (Phi) is 8.31. The normalized spacial score (nSPS) is 11.5. The molecule has 0 fully saturated rings. The quantitative estimate of drug-likeness (QED) is 0.141. The van der Waals surface area contributed by atoms with E-state index in [-0.39, 0.29) is 12.2 Å². The Morgan fingerprint density at radius 2 is 1.86 bits per heavy atom. The number of fused-ring (bicyclic) bond motifs is 2. The molecule has 0 radical (unpaired) electrons. The van der Waals surface area contributed by atoms with Crippen LogP contribution in [0.5, 0.6) is 0 Å². The molecule has 4 rings (SSSR count). The lowest BCUT2D eigenvalue weighted by Crippen LogP contribution is -2.26. The molecule has 2 aromatic carbocycles. The number of thiazole rings is 1. The number of aromatic nitrogens is 3. The van der Waals surface area contributed by atoms with Crippen LogP contribution in [0.15, 0.2) is 52.7 Å². The molecule has 15 heteroatoms. The molecular weight excluding hydrogens is 500 g/mol. The van der Waals surface area contributed by atoms with E-state index < -0.39 is 16.4 Å². The van der Waals surface area contributed by atoms with E-state index in [0.717, 1.165) is 12.8 Å². The molecule has 3 N–H and O–H groups in total. The highest BCUT2D eigenvalue weighted by Gasteiger charge is 2.19. The number of nitrogens with one attached hydrogen (secondary N) is 1. The minimum absolute atomic E-state index is 0.0681. The maximum Gasteiger partial charge on any atom is 0.347 e. The molecule has 0 aliphatic carbocycles. The number of carbonyl (C=O) groups is 1. The number of aryl methyl sites for hydroxylation is 1. The standard InChI is InChI=1S/C19H16N6O3S.CH4O4S/c1-25-16-17(22-14-7-2-11(18(27)28)10-15(14)21-16)29-19(25)24-23-13-5-3-12(4-6-13)20-8-9-26;1-5-6(2,3)4/h2-7,10,26H,8-9H2,1H3,(H,27,28);1H3,(H,2,3,4). The summed E-state index contributed by atoms with van der Waals surface area (Å²) in [5.74, 6) is -1.00. The number of aromatic carboxylic acids is 1. The largest absolute Gasteiger partial charge is 0.726 e. The smallest absolute Gasteiger partial charge is 0.347 e. The molecule has 0 saturated carbocycles. The van der Waals surface area contributed by atoms with Crippen molar-refractivity contribution in [2.45, 2.75) is 0 Å². The summed E-state index contributed by atoms with van der Waals surface area (Å²) in [6.07, 6.45) is 0. The average Bonchev–Trinajstić information content (AvgIpc) is 3.14. The van der Waals surface area contributed by atoms with E-state index in [1.807, 2.05) is 31.3 Å². The van der Waals surface area contributed by atoms with Gasteiger partial charge in [0, 0.05) is 17.3 Å². The molecule has 35 heavy (non-hydrogen) atoms. The highest BCUT2D eigenvalue weighted by atomic mass is 32.3. The number of anilines is 1. The van der Waals surface area contributed by atoms with Crippen LogP contribution in [0.1, 0.15) is 10.4 Å². The number of carboxylic acids is 1. The first-order chi connectivity index (χ1) is 16.6. The van der Waals surface area contributed by atoms with Gasteiger partial charge in [0.15, 0.2) is 10.3 Å². The summed E-state index contributed by atoms with van der Waals surface area (Å²) in [4.78, 5) is 21.0. The maximum atomic E-state index is 11.2. The first-order valence-corrected chi connectivity index (χ1v) is 12.0. The molecule has 184 valence electrons. The van der Waals surface area contributed by atoms with E-state index in [9.17, 15) is 17.8 Å². The topological polar surface area (TPSA) is 190 Å². The lowest BCUT2D eigenvalue weighted by atomic mass is 10.2. The van der Waals surface area contributed by atoms with Crippen molar-refractivity contribution in [3.8, 4) is 0 Å². The molecule has 4 aromatic rings. The minimum atomic E-state index is -4.41. The van der Waals surface area contributed by atoms with Crippen LogP contribution in [-0.4, -0.2) is 59.4 Å². The number of hydrogen-bond acceptors (Lipinski definition) is 12. The summed E-state index contributed by atoms with van der Waals surface area (Å²) in [5.41, 5.74) is 3.50. The van der Waals surface area contributed by atoms with Crippen LogP contribution < -0.4 is 9.88 Å². The van der Waals surface area contributed by atoms with Gasteiger partial charge in [-0.2, -0.15) is 0 Å². The van der Waals surface area contributed by atoms with Crippen molar-refractivity contribution in [2.75, 3.05) is 25.6 Å². The molecule has 0 bridgehead atoms. The van der Waals surface area contributed by atoms with Gasteiger partial charge in [0.1, 0.15) is 11.2 Å². The number of aliphatic hydroxyl groups is 1. The summed E-state index contributed by atoms with van der Waals surface area (Å²) in [5, 5.41) is 30.3. The number of benzene rings is 2. The Hall–Kier alpha value is -3.63. The van der Waals surface area contributed by atoms with Crippen molar-refractivity contribution in [3.63, 3.8) is 0 Å². The van der Waals surface area contributed by atoms with E-state index in [4.69, 9.17) is 10.2 Å². The monoisotopic (exact) mass is 520 g/mol. The molecule has 0 aliphatic rings. The van der Waals surface area contributed by atoms with Crippen LogP contribution in [0.2, 0.25) is 0 Å². The fourth-order valence-corrected chi connectivity index (χ4v) is 3.62. The van der Waals surface area contributed by atoms with Gasteiger partial charge in [0.25, 0.3) is 0 Å². The first kappa shape index (κ1) is 26.0. The van der Waals surface area contributed by atoms with Crippen molar-refractivity contribution in [1.82, 2.24) is 9.97 Å². The van der Waals surface area contributed by atoms with Gasteiger partial charge in [0.05, 0.1) is 26.3 Å². The number of azo groups is 1. The predicted molar refractivity (Wildman–Crippen MR) is 126 cm³/mol. The Balaban J connectivity index is 0.000000509. The summed E-state index contributed by atoms with van der Waals surface area (Å²) in [6.45, 7) is 0.555. The van der Waals surface area contributed by atoms with Gasteiger partial charge >= 0.3 is 16.7 Å². The number of carboxylic acid groups (broad SMARTS) is 1. The van der Waals surface area contributed by atoms with E-state index >= 15 is 0 Å². The summed E-state index contributed by atoms with van der Waals surface area (Å²) in [6, 6.07) is 12.1.